The van der Waals surface area contributed by atoms with Crippen molar-refractivity contribution >= 4 is 0 Å². The summed E-state index contributed by atoms with van der Waals surface area (Å²) in [5.74, 6) is 0.858. The lowest BCUT2D eigenvalue weighted by molar-refractivity contribution is 0.215. The molecule has 0 radical (unpaired) electrons. The molecule has 0 aromatic carbocycles. The normalized spacial score (nSPS) is 23.9. The maximum Gasteiger partial charge on any atom is 0.0189 e. The topological polar surface area (TPSA) is 18.5 Å². The van der Waals surface area contributed by atoms with Crippen LogP contribution in [-0.2, 0) is 0 Å². The van der Waals surface area contributed by atoms with Crippen molar-refractivity contribution in [2.24, 2.45) is 5.92 Å². The molecular formula is C13H27N3. The lowest BCUT2D eigenvalue weighted by Crippen LogP contribution is -2.40. The Kier molecular flexibility index (Phi) is 6.03. The van der Waals surface area contributed by atoms with Gasteiger partial charge in [0.05, 0.1) is 0 Å². The van der Waals surface area contributed by atoms with Crippen molar-refractivity contribution in [1.29, 1.82) is 0 Å². The number of hydrogen-bond acceptors (Lipinski definition) is 3. The molecule has 0 saturated carbocycles. The van der Waals surface area contributed by atoms with E-state index in [-0.39, 0.29) is 0 Å². The maximum atomic E-state index is 3.71. The first-order valence-electron chi connectivity index (χ1n) is 6.34. The van der Waals surface area contributed by atoms with E-state index in [0.717, 1.165) is 19.0 Å². The molecule has 1 fully saturated rings. The molecule has 0 amide bonds. The summed E-state index contributed by atoms with van der Waals surface area (Å²) in [6.45, 7) is 11.7. The fourth-order valence-corrected chi connectivity index (χ4v) is 2.31. The zero-order chi connectivity index (χ0) is 12.0. The van der Waals surface area contributed by atoms with Gasteiger partial charge in [-0.15, -0.1) is 6.58 Å². The highest BCUT2D eigenvalue weighted by Crippen LogP contribution is 2.15. The minimum Gasteiger partial charge on any atom is -0.312 e. The zero-order valence-electron chi connectivity index (χ0n) is 11.1. The average Bonchev–Trinajstić information content (AvgIpc) is 2.64. The third kappa shape index (κ3) is 4.64. The van der Waals surface area contributed by atoms with E-state index >= 15 is 0 Å². The second kappa shape index (κ2) is 7.05. The smallest absolute Gasteiger partial charge is 0.0189 e. The predicted molar refractivity (Wildman–Crippen MR) is 70.8 cm³/mol. The van der Waals surface area contributed by atoms with Crippen molar-refractivity contribution in [2.75, 3.05) is 46.8 Å². The van der Waals surface area contributed by atoms with Crippen LogP contribution in [0.25, 0.3) is 0 Å². The third-order valence-electron chi connectivity index (χ3n) is 3.52. The summed E-state index contributed by atoms with van der Waals surface area (Å²) < 4.78 is 0. The van der Waals surface area contributed by atoms with Crippen LogP contribution in [-0.4, -0.2) is 62.7 Å². The van der Waals surface area contributed by atoms with Gasteiger partial charge in [-0.05, 0) is 39.9 Å². The highest BCUT2D eigenvalue weighted by atomic mass is 15.2. The molecule has 0 bridgehead atoms. The van der Waals surface area contributed by atoms with Crippen molar-refractivity contribution in [1.82, 2.24) is 15.1 Å². The van der Waals surface area contributed by atoms with Crippen molar-refractivity contribution in [3.8, 4) is 0 Å². The van der Waals surface area contributed by atoms with Gasteiger partial charge in [-0.25, -0.2) is 0 Å². The van der Waals surface area contributed by atoms with Gasteiger partial charge < -0.3 is 15.1 Å². The van der Waals surface area contributed by atoms with Crippen LogP contribution in [0.15, 0.2) is 12.7 Å². The summed E-state index contributed by atoms with van der Waals surface area (Å²) in [5, 5.41) is 3.38. The number of likely N-dealkylation sites (N-methyl/N-ethyl adjacent to an activating group) is 1. The van der Waals surface area contributed by atoms with Crippen LogP contribution in [0, 0.1) is 5.92 Å². The number of nitrogens with one attached hydrogen (secondary N) is 1. The monoisotopic (exact) mass is 225 g/mol. The Morgan fingerprint density at radius 2 is 2.38 bits per heavy atom. The lowest BCUT2D eigenvalue weighted by atomic mass is 10.1. The SMILES string of the molecule is C=CCNCC(C)N(C)CC1CCN(C)C1. The molecular weight excluding hydrogens is 198 g/mol. The second-order valence-corrected chi connectivity index (χ2v) is 5.15. The molecule has 0 aliphatic carbocycles. The van der Waals surface area contributed by atoms with E-state index in [1.807, 2.05) is 6.08 Å². The van der Waals surface area contributed by atoms with Crippen LogP contribution in [0.5, 0.6) is 0 Å². The van der Waals surface area contributed by atoms with Gasteiger partial charge in [0.2, 0.25) is 0 Å². The van der Waals surface area contributed by atoms with E-state index in [1.54, 1.807) is 0 Å². The Hall–Kier alpha value is -0.380. The largest absolute Gasteiger partial charge is 0.312 e. The highest BCUT2D eigenvalue weighted by Gasteiger charge is 2.22. The van der Waals surface area contributed by atoms with Crippen LogP contribution >= 0.6 is 0 Å². The van der Waals surface area contributed by atoms with Gasteiger partial charge in [0.25, 0.3) is 0 Å². The Morgan fingerprint density at radius 3 is 2.94 bits per heavy atom. The van der Waals surface area contributed by atoms with Crippen LogP contribution in [0.1, 0.15) is 13.3 Å². The summed E-state index contributed by atoms with van der Waals surface area (Å²) in [7, 11) is 4.45. The minimum atomic E-state index is 0.603. The molecule has 1 aliphatic heterocycles. The summed E-state index contributed by atoms with van der Waals surface area (Å²) in [5.41, 5.74) is 0. The first-order chi connectivity index (χ1) is 7.63. The Labute approximate surface area is 100 Å². The van der Waals surface area contributed by atoms with Gasteiger partial charge in [0.15, 0.2) is 0 Å². The molecule has 1 rings (SSSR count). The number of nitrogens with zero attached hydrogens (tertiary/aromatic N) is 2. The molecule has 2 unspecified atom stereocenters. The summed E-state index contributed by atoms with van der Waals surface area (Å²) in [6, 6.07) is 0.603. The molecule has 3 nitrogen and oxygen atoms in total. The average molecular weight is 225 g/mol. The molecule has 1 saturated heterocycles. The number of rotatable bonds is 7. The minimum absolute atomic E-state index is 0.603. The van der Waals surface area contributed by atoms with Crippen molar-refractivity contribution in [3.05, 3.63) is 12.7 Å². The van der Waals surface area contributed by atoms with Crippen molar-refractivity contribution < 1.29 is 0 Å². The van der Waals surface area contributed by atoms with E-state index in [4.69, 9.17) is 0 Å². The molecule has 1 heterocycles. The third-order valence-corrected chi connectivity index (χ3v) is 3.52. The summed E-state index contributed by atoms with van der Waals surface area (Å²) >= 11 is 0. The van der Waals surface area contributed by atoms with Crippen LogP contribution < -0.4 is 5.32 Å². The van der Waals surface area contributed by atoms with Crippen LogP contribution in [0.4, 0.5) is 0 Å². The number of hydrogen-bond donors (Lipinski definition) is 1. The number of likely N-dealkylation sites (tertiary alicyclic amines) is 1. The van der Waals surface area contributed by atoms with E-state index in [0.29, 0.717) is 6.04 Å². The summed E-state index contributed by atoms with van der Waals surface area (Å²) in [6.07, 6.45) is 3.27. The first kappa shape index (κ1) is 13.7. The fraction of sp³-hybridized carbons (Fsp3) is 0.846. The maximum absolute atomic E-state index is 3.71. The Balaban J connectivity index is 2.17. The zero-order valence-corrected chi connectivity index (χ0v) is 11.1. The molecule has 0 aromatic heterocycles. The van der Waals surface area contributed by atoms with Gasteiger partial charge in [-0.1, -0.05) is 6.08 Å². The molecule has 1 N–H and O–H groups in total. The molecule has 94 valence electrons. The molecule has 2 atom stereocenters. The van der Waals surface area contributed by atoms with Gasteiger partial charge in [-0.2, -0.15) is 0 Å². The van der Waals surface area contributed by atoms with Crippen LogP contribution in [0.3, 0.4) is 0 Å². The van der Waals surface area contributed by atoms with Gasteiger partial charge >= 0.3 is 0 Å². The van der Waals surface area contributed by atoms with E-state index in [2.05, 4.69) is 42.7 Å². The molecule has 16 heavy (non-hydrogen) atoms. The predicted octanol–water partition coefficient (Wildman–Crippen LogP) is 1.03. The van der Waals surface area contributed by atoms with Crippen molar-refractivity contribution in [3.63, 3.8) is 0 Å². The lowest BCUT2D eigenvalue weighted by Gasteiger charge is -2.27. The van der Waals surface area contributed by atoms with Gasteiger partial charge in [0.1, 0.15) is 0 Å². The summed E-state index contributed by atoms with van der Waals surface area (Å²) in [4.78, 5) is 4.90. The van der Waals surface area contributed by atoms with Gasteiger partial charge in [0, 0.05) is 32.2 Å². The fourth-order valence-electron chi connectivity index (χ4n) is 2.31. The van der Waals surface area contributed by atoms with E-state index < -0.39 is 0 Å². The Bertz CT molecular complexity index is 205. The standard InChI is InChI=1S/C13H27N3/c1-5-7-14-9-12(2)16(4)11-13-6-8-15(3)10-13/h5,12-14H,1,6-11H2,2-4H3. The quantitative estimate of drug-likeness (QED) is 0.516. The van der Waals surface area contributed by atoms with Crippen LogP contribution in [0.2, 0.25) is 0 Å². The van der Waals surface area contributed by atoms with E-state index in [1.165, 1.54) is 26.1 Å². The van der Waals surface area contributed by atoms with Gasteiger partial charge in [-0.3, -0.25) is 0 Å². The molecule has 1 aliphatic rings. The first-order valence-corrected chi connectivity index (χ1v) is 6.34. The molecule has 3 heteroatoms. The van der Waals surface area contributed by atoms with Crippen molar-refractivity contribution in [2.45, 2.75) is 19.4 Å². The van der Waals surface area contributed by atoms with E-state index in [9.17, 15) is 0 Å². The Morgan fingerprint density at radius 1 is 1.62 bits per heavy atom. The molecule has 0 spiro atoms. The molecule has 0 aromatic rings. The second-order valence-electron chi connectivity index (χ2n) is 5.15. The highest BCUT2D eigenvalue weighted by molar-refractivity contribution is 4.78.